The Morgan fingerprint density at radius 1 is 1.47 bits per heavy atom. The van der Waals surface area contributed by atoms with Gasteiger partial charge in [0, 0.05) is 4.90 Å². The fraction of sp³-hybridized carbons (Fsp3) is 0.200. The first kappa shape index (κ1) is 13.4. The highest BCUT2D eigenvalue weighted by Gasteiger charge is 2.33. The Balaban J connectivity index is 3.47. The minimum Gasteiger partial charge on any atom is -0.478 e. The molecular weight excluding hydrogens is 255 g/mol. The molecule has 0 aliphatic rings. The molecule has 0 saturated heterocycles. The lowest BCUT2D eigenvalue weighted by Crippen LogP contribution is -2.08. The monoisotopic (exact) mass is 261 g/mol. The first-order valence-corrected chi connectivity index (χ1v) is 5.10. The summed E-state index contributed by atoms with van der Waals surface area (Å²) in [4.78, 5) is 10.3. The van der Waals surface area contributed by atoms with Gasteiger partial charge in [-0.25, -0.2) is 4.79 Å². The topological polar surface area (TPSA) is 61.1 Å². The van der Waals surface area contributed by atoms with Gasteiger partial charge >= 0.3 is 11.5 Å². The van der Waals surface area contributed by atoms with Crippen molar-refractivity contribution in [2.24, 2.45) is 0 Å². The Hall–Kier alpha value is -1.68. The van der Waals surface area contributed by atoms with E-state index in [1.54, 1.807) is 6.07 Å². The van der Waals surface area contributed by atoms with E-state index in [1.165, 1.54) is 19.1 Å². The van der Waals surface area contributed by atoms with Gasteiger partial charge in [-0.15, -0.1) is 0 Å². The van der Waals surface area contributed by atoms with Gasteiger partial charge in [-0.3, -0.25) is 0 Å². The lowest BCUT2D eigenvalue weighted by Gasteiger charge is -2.12. The molecule has 0 heterocycles. The van der Waals surface area contributed by atoms with Crippen molar-refractivity contribution in [3.63, 3.8) is 0 Å². The predicted molar refractivity (Wildman–Crippen MR) is 54.8 cm³/mol. The van der Waals surface area contributed by atoms with E-state index in [0.29, 0.717) is 0 Å². The van der Waals surface area contributed by atoms with Crippen molar-refractivity contribution in [3.05, 3.63) is 28.8 Å². The normalized spacial score (nSPS) is 11.0. The van der Waals surface area contributed by atoms with Gasteiger partial charge in [0.05, 0.1) is 11.1 Å². The average molecular weight is 261 g/mol. The molecule has 1 aromatic rings. The first-order chi connectivity index (χ1) is 7.76. The number of alkyl halides is 3. The number of carboxylic acid groups (broad SMARTS) is 1. The summed E-state index contributed by atoms with van der Waals surface area (Å²) < 4.78 is 36.9. The molecule has 1 N–H and O–H groups in total. The van der Waals surface area contributed by atoms with Gasteiger partial charge in [-0.2, -0.15) is 18.4 Å². The van der Waals surface area contributed by atoms with E-state index in [9.17, 15) is 18.0 Å². The SMILES string of the molecule is Cc1ccc(C#N)c(SC(F)(F)F)c1C(=O)O. The number of carboxylic acids is 1. The van der Waals surface area contributed by atoms with Crippen LogP contribution in [0.25, 0.3) is 0 Å². The van der Waals surface area contributed by atoms with Gasteiger partial charge in [-0.05, 0) is 30.3 Å². The lowest BCUT2D eigenvalue weighted by atomic mass is 10.1. The first-order valence-electron chi connectivity index (χ1n) is 4.29. The number of aryl methyl sites for hydroxylation is 1. The number of nitrogens with zero attached hydrogens (tertiary/aromatic N) is 1. The second kappa shape index (κ2) is 4.67. The number of halogens is 3. The fourth-order valence-electron chi connectivity index (χ4n) is 1.26. The van der Waals surface area contributed by atoms with Gasteiger partial charge < -0.3 is 5.11 Å². The standard InChI is InChI=1S/C10H6F3NO2S/c1-5-2-3-6(4-14)8(7(5)9(15)16)17-10(11,12)13/h2-3H,1H3,(H,15,16). The van der Waals surface area contributed by atoms with Gasteiger partial charge in [0.1, 0.15) is 6.07 Å². The summed E-state index contributed by atoms with van der Waals surface area (Å²) in [7, 11) is 0. The van der Waals surface area contributed by atoms with Crippen molar-refractivity contribution in [3.8, 4) is 6.07 Å². The van der Waals surface area contributed by atoms with E-state index >= 15 is 0 Å². The Bertz CT molecular complexity index is 505. The second-order valence-electron chi connectivity index (χ2n) is 3.10. The third kappa shape index (κ3) is 3.14. The van der Waals surface area contributed by atoms with Crippen molar-refractivity contribution >= 4 is 17.7 Å². The number of carbonyl (C=O) groups is 1. The molecule has 90 valence electrons. The van der Waals surface area contributed by atoms with Crippen molar-refractivity contribution in [1.29, 1.82) is 5.26 Å². The summed E-state index contributed by atoms with van der Waals surface area (Å²) in [5.41, 5.74) is -5.23. The van der Waals surface area contributed by atoms with Crippen molar-refractivity contribution in [1.82, 2.24) is 0 Å². The molecule has 0 saturated carbocycles. The molecule has 0 atom stereocenters. The van der Waals surface area contributed by atoms with Crippen LogP contribution in [0.4, 0.5) is 13.2 Å². The van der Waals surface area contributed by atoms with E-state index in [2.05, 4.69) is 0 Å². The average Bonchev–Trinajstić information content (AvgIpc) is 2.15. The van der Waals surface area contributed by atoms with Gasteiger partial charge in [0.2, 0.25) is 0 Å². The van der Waals surface area contributed by atoms with E-state index < -0.39 is 33.7 Å². The van der Waals surface area contributed by atoms with Crippen LogP contribution in [-0.2, 0) is 0 Å². The van der Waals surface area contributed by atoms with Gasteiger partial charge in [0.15, 0.2) is 0 Å². The van der Waals surface area contributed by atoms with Crippen molar-refractivity contribution in [2.75, 3.05) is 0 Å². The van der Waals surface area contributed by atoms with Crippen LogP contribution in [0, 0.1) is 18.3 Å². The third-order valence-corrected chi connectivity index (χ3v) is 2.78. The van der Waals surface area contributed by atoms with Gasteiger partial charge in [0.25, 0.3) is 0 Å². The zero-order chi connectivity index (χ0) is 13.2. The molecule has 17 heavy (non-hydrogen) atoms. The smallest absolute Gasteiger partial charge is 0.446 e. The van der Waals surface area contributed by atoms with Crippen LogP contribution < -0.4 is 0 Å². The zero-order valence-corrected chi connectivity index (χ0v) is 9.32. The summed E-state index contributed by atoms with van der Waals surface area (Å²) in [6.45, 7) is 1.38. The summed E-state index contributed by atoms with van der Waals surface area (Å²) >= 11 is -0.582. The quantitative estimate of drug-likeness (QED) is 0.830. The van der Waals surface area contributed by atoms with Gasteiger partial charge in [-0.1, -0.05) is 6.07 Å². The summed E-state index contributed by atoms with van der Waals surface area (Å²) in [6.07, 6.45) is 0. The molecule has 0 spiro atoms. The van der Waals surface area contributed by atoms with E-state index in [4.69, 9.17) is 10.4 Å². The Morgan fingerprint density at radius 3 is 2.47 bits per heavy atom. The molecule has 0 radical (unpaired) electrons. The van der Waals surface area contributed by atoms with Crippen LogP contribution in [0.5, 0.6) is 0 Å². The minimum absolute atomic E-state index is 0.184. The van der Waals surface area contributed by atoms with E-state index in [1.807, 2.05) is 0 Å². The molecule has 1 aromatic carbocycles. The number of nitriles is 1. The Morgan fingerprint density at radius 2 is 2.06 bits per heavy atom. The fourth-order valence-corrected chi connectivity index (χ4v) is 2.06. The maximum Gasteiger partial charge on any atom is 0.446 e. The molecule has 0 bridgehead atoms. The molecular formula is C10H6F3NO2S. The summed E-state index contributed by atoms with van der Waals surface area (Å²) in [5, 5.41) is 17.6. The Kier molecular flexibility index (Phi) is 3.68. The maximum atomic E-state index is 12.3. The highest BCUT2D eigenvalue weighted by atomic mass is 32.2. The number of rotatable bonds is 2. The van der Waals surface area contributed by atoms with Crippen LogP contribution in [-0.4, -0.2) is 16.6 Å². The number of thioether (sulfide) groups is 1. The highest BCUT2D eigenvalue weighted by Crippen LogP contribution is 2.41. The van der Waals surface area contributed by atoms with E-state index in [0.717, 1.165) is 0 Å². The van der Waals surface area contributed by atoms with Crippen LogP contribution in [0.3, 0.4) is 0 Å². The number of benzene rings is 1. The molecule has 0 fully saturated rings. The molecule has 1 rings (SSSR count). The zero-order valence-electron chi connectivity index (χ0n) is 8.50. The number of hydrogen-bond acceptors (Lipinski definition) is 3. The molecule has 0 unspecified atom stereocenters. The highest BCUT2D eigenvalue weighted by molar-refractivity contribution is 8.00. The molecule has 7 heteroatoms. The van der Waals surface area contributed by atoms with Crippen LogP contribution in [0.15, 0.2) is 17.0 Å². The van der Waals surface area contributed by atoms with Crippen molar-refractivity contribution < 1.29 is 23.1 Å². The largest absolute Gasteiger partial charge is 0.478 e. The molecule has 0 aromatic heterocycles. The molecule has 0 amide bonds. The van der Waals surface area contributed by atoms with Crippen molar-refractivity contribution in [2.45, 2.75) is 17.3 Å². The molecule has 0 aliphatic heterocycles. The number of aromatic carboxylic acids is 1. The molecule has 0 aliphatic carbocycles. The lowest BCUT2D eigenvalue weighted by molar-refractivity contribution is -0.0328. The summed E-state index contributed by atoms with van der Waals surface area (Å²) in [5.74, 6) is -1.48. The van der Waals surface area contributed by atoms with Crippen LogP contribution in [0.2, 0.25) is 0 Å². The Labute approximate surface area is 98.9 Å². The molecule has 3 nitrogen and oxygen atoms in total. The predicted octanol–water partition coefficient (Wildman–Crippen LogP) is 3.18. The van der Waals surface area contributed by atoms with Crippen LogP contribution in [0.1, 0.15) is 21.5 Å². The number of hydrogen-bond donors (Lipinski definition) is 1. The third-order valence-electron chi connectivity index (χ3n) is 1.92. The second-order valence-corrected chi connectivity index (χ2v) is 4.17. The van der Waals surface area contributed by atoms with Crippen LogP contribution >= 0.6 is 11.8 Å². The minimum atomic E-state index is -4.64. The summed E-state index contributed by atoms with van der Waals surface area (Å²) in [6, 6.07) is 4.04. The maximum absolute atomic E-state index is 12.3. The van der Waals surface area contributed by atoms with E-state index in [-0.39, 0.29) is 11.1 Å².